The summed E-state index contributed by atoms with van der Waals surface area (Å²) in [6, 6.07) is 15.1. The fourth-order valence-corrected chi connectivity index (χ4v) is 4.76. The second-order valence-electron chi connectivity index (χ2n) is 9.41. The van der Waals surface area contributed by atoms with Crippen LogP contribution in [0.1, 0.15) is 127 Å². The molecule has 2 heteroatoms. The second-order valence-corrected chi connectivity index (χ2v) is 9.41. The fourth-order valence-electron chi connectivity index (χ4n) is 4.76. The minimum atomic E-state index is 0.0411. The van der Waals surface area contributed by atoms with Gasteiger partial charge in [0.2, 0.25) is 0 Å². The first-order chi connectivity index (χ1) is 15.7. The Labute approximate surface area is 197 Å². The van der Waals surface area contributed by atoms with Gasteiger partial charge in [-0.2, -0.15) is 0 Å². The van der Waals surface area contributed by atoms with Gasteiger partial charge in [0.1, 0.15) is 11.5 Å². The molecule has 0 unspecified atom stereocenters. The highest BCUT2D eigenvalue weighted by molar-refractivity contribution is 5.45. The first-order valence-corrected chi connectivity index (χ1v) is 13.3. The minimum absolute atomic E-state index is 0.0411. The number of hydrogen-bond acceptors (Lipinski definition) is 2. The van der Waals surface area contributed by atoms with Crippen LogP contribution in [0.5, 0.6) is 11.5 Å². The number of unbranched alkanes of at least 4 members (excludes halogenated alkanes) is 14. The SMILES string of the molecule is CCCCCCCCCCCCCCCCCC(c1ccccc1O)c1ccccc1O. The third-order valence-electron chi connectivity index (χ3n) is 6.72. The fraction of sp³-hybridized carbons (Fsp3) is 0.600. The largest absolute Gasteiger partial charge is 0.508 e. The predicted octanol–water partition coefficient (Wildman–Crippen LogP) is 9.49. The van der Waals surface area contributed by atoms with E-state index in [1.807, 2.05) is 36.4 Å². The van der Waals surface area contributed by atoms with Crippen LogP contribution in [0.4, 0.5) is 0 Å². The highest BCUT2D eigenvalue weighted by atomic mass is 16.3. The number of hydrogen-bond donors (Lipinski definition) is 2. The smallest absolute Gasteiger partial charge is 0.119 e. The van der Waals surface area contributed by atoms with Crippen molar-refractivity contribution in [1.82, 2.24) is 0 Å². The molecule has 2 aromatic rings. The number of benzene rings is 2. The third-order valence-corrected chi connectivity index (χ3v) is 6.72. The summed E-state index contributed by atoms with van der Waals surface area (Å²) < 4.78 is 0. The molecule has 0 heterocycles. The molecule has 2 aromatic carbocycles. The third kappa shape index (κ3) is 10.1. The molecule has 0 fully saturated rings. The Hall–Kier alpha value is -1.96. The van der Waals surface area contributed by atoms with Crippen molar-refractivity contribution in [3.63, 3.8) is 0 Å². The molecule has 32 heavy (non-hydrogen) atoms. The van der Waals surface area contributed by atoms with Crippen molar-refractivity contribution < 1.29 is 10.2 Å². The van der Waals surface area contributed by atoms with Gasteiger partial charge in [0.25, 0.3) is 0 Å². The van der Waals surface area contributed by atoms with Gasteiger partial charge in [-0.05, 0) is 18.6 Å². The molecule has 178 valence electrons. The molecule has 2 nitrogen and oxygen atoms in total. The van der Waals surface area contributed by atoms with Crippen LogP contribution in [-0.4, -0.2) is 10.2 Å². The lowest BCUT2D eigenvalue weighted by atomic mass is 9.85. The van der Waals surface area contributed by atoms with Crippen molar-refractivity contribution in [2.24, 2.45) is 0 Å². The van der Waals surface area contributed by atoms with Crippen LogP contribution in [0, 0.1) is 0 Å². The molecule has 0 amide bonds. The van der Waals surface area contributed by atoms with Gasteiger partial charge in [-0.25, -0.2) is 0 Å². The van der Waals surface area contributed by atoms with Crippen LogP contribution in [0.3, 0.4) is 0 Å². The summed E-state index contributed by atoms with van der Waals surface area (Å²) in [5, 5.41) is 20.8. The molecule has 0 aliphatic carbocycles. The summed E-state index contributed by atoms with van der Waals surface area (Å²) in [5.74, 6) is 0.683. The maximum Gasteiger partial charge on any atom is 0.119 e. The number of rotatable bonds is 18. The van der Waals surface area contributed by atoms with Gasteiger partial charge in [0.05, 0.1) is 0 Å². The van der Waals surface area contributed by atoms with Crippen LogP contribution < -0.4 is 0 Å². The minimum Gasteiger partial charge on any atom is -0.508 e. The zero-order valence-corrected chi connectivity index (χ0v) is 20.4. The number of aromatic hydroxyl groups is 2. The van der Waals surface area contributed by atoms with E-state index in [4.69, 9.17) is 0 Å². The van der Waals surface area contributed by atoms with E-state index in [0.29, 0.717) is 11.5 Å². The van der Waals surface area contributed by atoms with E-state index in [9.17, 15) is 10.2 Å². The summed E-state index contributed by atoms with van der Waals surface area (Å²) in [4.78, 5) is 0. The van der Waals surface area contributed by atoms with Crippen molar-refractivity contribution in [2.45, 2.75) is 116 Å². The summed E-state index contributed by atoms with van der Waals surface area (Å²) >= 11 is 0. The molecule has 0 radical (unpaired) electrons. The van der Waals surface area contributed by atoms with Crippen molar-refractivity contribution in [2.75, 3.05) is 0 Å². The summed E-state index contributed by atoms with van der Waals surface area (Å²) in [6.45, 7) is 2.28. The lowest BCUT2D eigenvalue weighted by molar-refractivity contribution is 0.447. The highest BCUT2D eigenvalue weighted by Gasteiger charge is 2.19. The number of phenols is 2. The zero-order valence-electron chi connectivity index (χ0n) is 20.4. The monoisotopic (exact) mass is 438 g/mol. The molecule has 0 aromatic heterocycles. The van der Waals surface area contributed by atoms with Gasteiger partial charge in [0.15, 0.2) is 0 Å². The van der Waals surface area contributed by atoms with E-state index in [0.717, 1.165) is 24.0 Å². The molecular weight excluding hydrogens is 392 g/mol. The lowest BCUT2D eigenvalue weighted by Crippen LogP contribution is -2.02. The van der Waals surface area contributed by atoms with Crippen LogP contribution in [0.25, 0.3) is 0 Å². The Morgan fingerprint density at radius 3 is 1.22 bits per heavy atom. The van der Waals surface area contributed by atoms with E-state index in [-0.39, 0.29) is 5.92 Å². The van der Waals surface area contributed by atoms with Gasteiger partial charge < -0.3 is 10.2 Å². The van der Waals surface area contributed by atoms with Crippen molar-refractivity contribution >= 4 is 0 Å². The van der Waals surface area contributed by atoms with Crippen LogP contribution >= 0.6 is 0 Å². The number of phenolic OH excluding ortho intramolecular Hbond substituents is 2. The van der Waals surface area contributed by atoms with E-state index in [1.165, 1.54) is 89.9 Å². The van der Waals surface area contributed by atoms with Crippen LogP contribution in [0.15, 0.2) is 48.5 Å². The molecule has 0 aliphatic rings. The molecule has 0 saturated carbocycles. The lowest BCUT2D eigenvalue weighted by Gasteiger charge is -2.20. The topological polar surface area (TPSA) is 40.5 Å². The first-order valence-electron chi connectivity index (χ1n) is 13.3. The highest BCUT2D eigenvalue weighted by Crippen LogP contribution is 2.38. The maximum absolute atomic E-state index is 10.4. The van der Waals surface area contributed by atoms with E-state index in [2.05, 4.69) is 6.92 Å². The molecule has 0 bridgehead atoms. The van der Waals surface area contributed by atoms with Crippen molar-refractivity contribution in [3.8, 4) is 11.5 Å². The van der Waals surface area contributed by atoms with Crippen molar-refractivity contribution in [3.05, 3.63) is 59.7 Å². The molecule has 0 aliphatic heterocycles. The Balaban J connectivity index is 1.59. The molecule has 2 rings (SSSR count). The molecule has 2 N–H and O–H groups in total. The first kappa shape index (κ1) is 26.3. The summed E-state index contributed by atoms with van der Waals surface area (Å²) in [5.41, 5.74) is 1.83. The second kappa shape index (κ2) is 16.6. The normalized spacial score (nSPS) is 11.3. The van der Waals surface area contributed by atoms with E-state index in [1.54, 1.807) is 12.1 Å². The average molecular weight is 439 g/mol. The molecular formula is C30H46O2. The summed E-state index contributed by atoms with van der Waals surface area (Å²) in [7, 11) is 0. The van der Waals surface area contributed by atoms with Crippen LogP contribution in [-0.2, 0) is 0 Å². The summed E-state index contributed by atoms with van der Waals surface area (Å²) in [6.07, 6.45) is 21.3. The van der Waals surface area contributed by atoms with Gasteiger partial charge in [-0.3, -0.25) is 0 Å². The Bertz CT molecular complexity index is 679. The molecule has 0 saturated heterocycles. The predicted molar refractivity (Wildman–Crippen MR) is 138 cm³/mol. The Morgan fingerprint density at radius 1 is 0.500 bits per heavy atom. The van der Waals surface area contributed by atoms with Crippen LogP contribution in [0.2, 0.25) is 0 Å². The van der Waals surface area contributed by atoms with Gasteiger partial charge in [0, 0.05) is 17.0 Å². The number of para-hydroxylation sites is 2. The van der Waals surface area contributed by atoms with Gasteiger partial charge in [-0.1, -0.05) is 140 Å². The standard InChI is InChI=1S/C30H46O2/c1-2-3-4-5-6-7-8-9-10-11-12-13-14-15-16-21-26(27-22-17-19-24-29(27)31)28-23-18-20-25-30(28)32/h17-20,22-26,31-32H,2-16,21H2,1H3. The average Bonchev–Trinajstić information content (AvgIpc) is 2.80. The Kier molecular flexibility index (Phi) is 13.7. The molecule has 0 spiro atoms. The quantitative estimate of drug-likeness (QED) is 0.227. The Morgan fingerprint density at radius 2 is 0.844 bits per heavy atom. The molecule has 0 atom stereocenters. The van der Waals surface area contributed by atoms with Gasteiger partial charge >= 0.3 is 0 Å². The van der Waals surface area contributed by atoms with E-state index >= 15 is 0 Å². The maximum atomic E-state index is 10.4. The van der Waals surface area contributed by atoms with Crippen molar-refractivity contribution in [1.29, 1.82) is 0 Å². The van der Waals surface area contributed by atoms with E-state index < -0.39 is 0 Å². The zero-order chi connectivity index (χ0) is 22.9. The van der Waals surface area contributed by atoms with Gasteiger partial charge in [-0.15, -0.1) is 0 Å².